The average molecular weight is 281 g/mol. The normalized spacial score (nSPS) is 17.8. The van der Waals surface area contributed by atoms with Crippen molar-refractivity contribution in [3.63, 3.8) is 0 Å². The van der Waals surface area contributed by atoms with Gasteiger partial charge in [-0.15, -0.1) is 0 Å². The molecule has 1 saturated heterocycles. The van der Waals surface area contributed by atoms with Gasteiger partial charge in [-0.05, 0) is 37.5 Å². The summed E-state index contributed by atoms with van der Waals surface area (Å²) < 4.78 is 15.7. The second-order valence-corrected chi connectivity index (χ2v) is 5.38. The molecule has 2 rings (SSSR count). The van der Waals surface area contributed by atoms with Crippen molar-refractivity contribution in [2.45, 2.75) is 31.8 Å². The first-order valence-electron chi connectivity index (χ1n) is 6.84. The lowest BCUT2D eigenvalue weighted by atomic mass is 9.92. The molecular weight excluding hydrogens is 258 g/mol. The van der Waals surface area contributed by atoms with Crippen LogP contribution in [0.1, 0.15) is 25.3 Å². The number of ether oxygens (including phenoxy) is 3. The highest BCUT2D eigenvalue weighted by Crippen LogP contribution is 2.37. The zero-order valence-electron chi connectivity index (χ0n) is 12.4. The van der Waals surface area contributed by atoms with E-state index in [0.29, 0.717) is 18.0 Å². The maximum Gasteiger partial charge on any atom is 0.200 e. The van der Waals surface area contributed by atoms with Gasteiger partial charge in [0, 0.05) is 25.3 Å². The van der Waals surface area contributed by atoms with Gasteiger partial charge in [-0.1, -0.05) is 0 Å². The zero-order valence-corrected chi connectivity index (χ0v) is 12.4. The molecule has 0 aromatic heterocycles. The van der Waals surface area contributed by atoms with Crippen molar-refractivity contribution in [1.29, 1.82) is 0 Å². The minimum atomic E-state index is 0.0380. The fraction of sp³-hybridized carbons (Fsp3) is 0.600. The number of methoxy groups -OCH3 is 2. The predicted molar refractivity (Wildman–Crippen MR) is 76.5 cm³/mol. The van der Waals surface area contributed by atoms with Gasteiger partial charge in [0.2, 0.25) is 5.75 Å². The van der Waals surface area contributed by atoms with E-state index < -0.39 is 0 Å². The van der Waals surface area contributed by atoms with Gasteiger partial charge in [-0.2, -0.15) is 0 Å². The number of hydrogen-bond donors (Lipinski definition) is 2. The molecule has 5 heteroatoms. The van der Waals surface area contributed by atoms with Gasteiger partial charge >= 0.3 is 0 Å². The topological polar surface area (TPSA) is 60.0 Å². The molecule has 0 bridgehead atoms. The molecule has 0 unspecified atom stereocenters. The Morgan fingerprint density at radius 3 is 2.25 bits per heavy atom. The Labute approximate surface area is 119 Å². The van der Waals surface area contributed by atoms with E-state index in [1.807, 2.05) is 12.1 Å². The number of rotatable bonds is 5. The van der Waals surface area contributed by atoms with Crippen molar-refractivity contribution in [2.75, 3.05) is 27.4 Å². The minimum Gasteiger partial charge on any atom is -0.502 e. The first-order chi connectivity index (χ1) is 9.58. The molecule has 0 atom stereocenters. The standard InChI is InChI=1S/C15H23NO4/c1-15(4-6-20-7-5-15)16-10-11-8-12(18-2)14(17)13(9-11)19-3/h8-9,16-17H,4-7,10H2,1-3H3. The van der Waals surface area contributed by atoms with E-state index in [0.717, 1.165) is 31.6 Å². The van der Waals surface area contributed by atoms with E-state index in [9.17, 15) is 5.11 Å². The summed E-state index contributed by atoms with van der Waals surface area (Å²) in [7, 11) is 3.07. The molecule has 1 aliphatic rings. The van der Waals surface area contributed by atoms with E-state index in [4.69, 9.17) is 14.2 Å². The Morgan fingerprint density at radius 1 is 1.20 bits per heavy atom. The second kappa shape index (κ2) is 6.33. The number of phenolic OH excluding ortho intramolecular Hbond substituents is 1. The number of hydrogen-bond acceptors (Lipinski definition) is 5. The summed E-state index contributed by atoms with van der Waals surface area (Å²) in [6.45, 7) is 4.51. The van der Waals surface area contributed by atoms with Crippen LogP contribution in [-0.4, -0.2) is 38.1 Å². The third kappa shape index (κ3) is 3.35. The summed E-state index contributed by atoms with van der Waals surface area (Å²) in [5.74, 6) is 0.896. The molecular formula is C15H23NO4. The van der Waals surface area contributed by atoms with E-state index in [1.165, 1.54) is 14.2 Å². The largest absolute Gasteiger partial charge is 0.502 e. The molecule has 0 aliphatic carbocycles. The Morgan fingerprint density at radius 2 is 1.75 bits per heavy atom. The van der Waals surface area contributed by atoms with Crippen molar-refractivity contribution in [3.05, 3.63) is 17.7 Å². The lowest BCUT2D eigenvalue weighted by molar-refractivity contribution is 0.0446. The molecule has 2 N–H and O–H groups in total. The summed E-state index contributed by atoms with van der Waals surface area (Å²) >= 11 is 0. The molecule has 1 aromatic carbocycles. The van der Waals surface area contributed by atoms with Gasteiger partial charge in [0.25, 0.3) is 0 Å². The Bertz CT molecular complexity index is 430. The number of benzene rings is 1. The van der Waals surface area contributed by atoms with Gasteiger partial charge < -0.3 is 24.6 Å². The molecule has 1 aromatic rings. The fourth-order valence-electron chi connectivity index (χ4n) is 2.36. The Balaban J connectivity index is 2.09. The quantitative estimate of drug-likeness (QED) is 0.865. The van der Waals surface area contributed by atoms with Crippen molar-refractivity contribution in [3.8, 4) is 17.2 Å². The van der Waals surface area contributed by atoms with Crippen LogP contribution in [0.15, 0.2) is 12.1 Å². The number of nitrogens with one attached hydrogen (secondary N) is 1. The predicted octanol–water partition coefficient (Wildman–Crippen LogP) is 2.07. The first-order valence-corrected chi connectivity index (χ1v) is 6.84. The highest BCUT2D eigenvalue weighted by molar-refractivity contribution is 5.52. The molecule has 0 saturated carbocycles. The van der Waals surface area contributed by atoms with Crippen LogP contribution in [0.5, 0.6) is 17.2 Å². The third-order valence-corrected chi connectivity index (χ3v) is 3.86. The maximum absolute atomic E-state index is 9.89. The lowest BCUT2D eigenvalue weighted by Gasteiger charge is -2.34. The van der Waals surface area contributed by atoms with Gasteiger partial charge in [-0.25, -0.2) is 0 Å². The molecule has 1 fully saturated rings. The maximum atomic E-state index is 9.89. The molecule has 1 heterocycles. The van der Waals surface area contributed by atoms with Crippen molar-refractivity contribution in [1.82, 2.24) is 5.32 Å². The highest BCUT2D eigenvalue weighted by Gasteiger charge is 2.26. The summed E-state index contributed by atoms with van der Waals surface area (Å²) in [6.07, 6.45) is 2.00. The monoisotopic (exact) mass is 281 g/mol. The SMILES string of the molecule is COc1cc(CNC2(C)CCOCC2)cc(OC)c1O. The number of aromatic hydroxyl groups is 1. The molecule has 0 radical (unpaired) electrons. The zero-order chi connectivity index (χ0) is 14.6. The number of phenols is 1. The van der Waals surface area contributed by atoms with Gasteiger partial charge in [0.15, 0.2) is 11.5 Å². The average Bonchev–Trinajstić information content (AvgIpc) is 2.47. The van der Waals surface area contributed by atoms with Crippen LogP contribution < -0.4 is 14.8 Å². The minimum absolute atomic E-state index is 0.0380. The van der Waals surface area contributed by atoms with Crippen LogP contribution >= 0.6 is 0 Å². The van der Waals surface area contributed by atoms with E-state index in [-0.39, 0.29) is 11.3 Å². The third-order valence-electron chi connectivity index (χ3n) is 3.86. The van der Waals surface area contributed by atoms with Crippen LogP contribution in [0.2, 0.25) is 0 Å². The first kappa shape index (κ1) is 14.9. The van der Waals surface area contributed by atoms with Crippen LogP contribution in [0, 0.1) is 0 Å². The summed E-state index contributed by atoms with van der Waals surface area (Å²) in [6, 6.07) is 3.65. The molecule has 1 aliphatic heterocycles. The molecule has 112 valence electrons. The highest BCUT2D eigenvalue weighted by atomic mass is 16.5. The van der Waals surface area contributed by atoms with Crippen molar-refractivity contribution in [2.24, 2.45) is 0 Å². The van der Waals surface area contributed by atoms with Crippen LogP contribution in [0.3, 0.4) is 0 Å². The summed E-state index contributed by atoms with van der Waals surface area (Å²) in [4.78, 5) is 0. The summed E-state index contributed by atoms with van der Waals surface area (Å²) in [5, 5.41) is 13.5. The van der Waals surface area contributed by atoms with Gasteiger partial charge in [0.1, 0.15) is 0 Å². The molecule has 0 amide bonds. The summed E-state index contributed by atoms with van der Waals surface area (Å²) in [5.41, 5.74) is 1.11. The van der Waals surface area contributed by atoms with Crippen LogP contribution in [-0.2, 0) is 11.3 Å². The fourth-order valence-corrected chi connectivity index (χ4v) is 2.36. The van der Waals surface area contributed by atoms with E-state index in [2.05, 4.69) is 12.2 Å². The van der Waals surface area contributed by atoms with Crippen molar-refractivity contribution >= 4 is 0 Å². The second-order valence-electron chi connectivity index (χ2n) is 5.38. The molecule has 5 nitrogen and oxygen atoms in total. The van der Waals surface area contributed by atoms with Crippen molar-refractivity contribution < 1.29 is 19.3 Å². The van der Waals surface area contributed by atoms with Crippen LogP contribution in [0.4, 0.5) is 0 Å². The van der Waals surface area contributed by atoms with E-state index >= 15 is 0 Å². The Hall–Kier alpha value is -1.46. The van der Waals surface area contributed by atoms with Gasteiger partial charge in [0.05, 0.1) is 14.2 Å². The van der Waals surface area contributed by atoms with Gasteiger partial charge in [-0.3, -0.25) is 0 Å². The van der Waals surface area contributed by atoms with E-state index in [1.54, 1.807) is 0 Å². The Kier molecular flexibility index (Phi) is 4.73. The molecule has 20 heavy (non-hydrogen) atoms. The smallest absolute Gasteiger partial charge is 0.200 e. The lowest BCUT2D eigenvalue weighted by Crippen LogP contribution is -2.46. The van der Waals surface area contributed by atoms with Crippen LogP contribution in [0.25, 0.3) is 0 Å². The molecule has 0 spiro atoms.